The van der Waals surface area contributed by atoms with Crippen molar-refractivity contribution in [3.05, 3.63) is 89.6 Å². The number of rotatable bonds is 10. The van der Waals surface area contributed by atoms with Crippen LogP contribution >= 0.6 is 0 Å². The number of aryl methyl sites for hydroxylation is 1. The number of fused-ring (bicyclic) bond motifs is 2. The normalized spacial score (nSPS) is 17.3. The van der Waals surface area contributed by atoms with Crippen LogP contribution < -0.4 is 11.1 Å². The third-order valence-corrected chi connectivity index (χ3v) is 8.72. The minimum Gasteiger partial charge on any atom is -0.385 e. The number of nitrogens with two attached hydrogens (primary N) is 1. The number of benzene rings is 3. The van der Waals surface area contributed by atoms with Crippen molar-refractivity contribution in [1.82, 2.24) is 9.47 Å². The fourth-order valence-corrected chi connectivity index (χ4v) is 6.60. The molecule has 3 N–H and O–H groups in total. The molecule has 0 aliphatic carbocycles. The highest BCUT2D eigenvalue weighted by Gasteiger charge is 2.28. The summed E-state index contributed by atoms with van der Waals surface area (Å²) >= 11 is 0. The molecule has 1 unspecified atom stereocenters. The van der Waals surface area contributed by atoms with Gasteiger partial charge in [0.1, 0.15) is 0 Å². The number of ether oxygens (including phenoxy) is 1. The average Bonchev–Trinajstić information content (AvgIpc) is 3.57. The minimum atomic E-state index is -0.235. The van der Waals surface area contributed by atoms with Gasteiger partial charge in [0.15, 0.2) is 0 Å². The zero-order valence-electron chi connectivity index (χ0n) is 24.4. The van der Waals surface area contributed by atoms with E-state index in [0.717, 1.165) is 73.4 Å². The molecule has 4 aromatic rings. The highest BCUT2D eigenvalue weighted by molar-refractivity contribution is 5.99. The topological polar surface area (TPSA) is 89.6 Å². The van der Waals surface area contributed by atoms with Crippen LogP contribution in [0.1, 0.15) is 48.4 Å². The number of likely N-dealkylation sites (tertiary alicyclic amines) is 1. The van der Waals surface area contributed by atoms with E-state index in [4.69, 9.17) is 10.5 Å². The molecule has 0 radical (unpaired) electrons. The van der Waals surface area contributed by atoms with Gasteiger partial charge in [0, 0.05) is 68.6 Å². The molecule has 2 atom stereocenters. The zero-order valence-corrected chi connectivity index (χ0v) is 24.4. The molecular formula is C35H40N4O3. The summed E-state index contributed by atoms with van der Waals surface area (Å²) in [5.74, 6) is 0.504. The van der Waals surface area contributed by atoms with Gasteiger partial charge in [-0.2, -0.15) is 0 Å². The maximum absolute atomic E-state index is 13.4. The first-order chi connectivity index (χ1) is 20.5. The number of para-hydroxylation sites is 1. The first-order valence-electron chi connectivity index (χ1n) is 15.1. The van der Waals surface area contributed by atoms with Gasteiger partial charge in [-0.05, 0) is 77.6 Å². The number of methoxy groups -OCH3 is 1. The van der Waals surface area contributed by atoms with Gasteiger partial charge in [-0.15, -0.1) is 0 Å². The lowest BCUT2D eigenvalue weighted by Gasteiger charge is -2.34. The number of piperidine rings is 1. The molecule has 218 valence electrons. The first kappa shape index (κ1) is 28.2. The summed E-state index contributed by atoms with van der Waals surface area (Å²) in [6.07, 6.45) is 4.47. The summed E-state index contributed by atoms with van der Waals surface area (Å²) in [5.41, 5.74) is 14.3. The van der Waals surface area contributed by atoms with Gasteiger partial charge in [0.25, 0.3) is 0 Å². The first-order valence-corrected chi connectivity index (χ1v) is 15.1. The Labute approximate surface area is 247 Å². The summed E-state index contributed by atoms with van der Waals surface area (Å²) in [7, 11) is 1.75. The third-order valence-electron chi connectivity index (χ3n) is 8.72. The number of aromatic nitrogens is 1. The van der Waals surface area contributed by atoms with Crippen LogP contribution in [-0.2, 0) is 33.7 Å². The number of nitrogens with zero attached hydrogens (tertiary/aromatic N) is 2. The van der Waals surface area contributed by atoms with E-state index in [9.17, 15) is 9.59 Å². The predicted octanol–water partition coefficient (Wildman–Crippen LogP) is 5.51. The fraction of sp³-hybridized carbons (Fsp3) is 0.371. The van der Waals surface area contributed by atoms with Gasteiger partial charge in [-0.25, -0.2) is 0 Å². The van der Waals surface area contributed by atoms with Gasteiger partial charge < -0.3 is 25.3 Å². The molecule has 2 aliphatic heterocycles. The van der Waals surface area contributed by atoms with Gasteiger partial charge in [-0.1, -0.05) is 48.5 Å². The lowest BCUT2D eigenvalue weighted by Crippen LogP contribution is -2.42. The number of nitrogens with one attached hydrogen (secondary N) is 1. The van der Waals surface area contributed by atoms with Crippen LogP contribution in [-0.4, -0.2) is 54.1 Å². The Morgan fingerprint density at radius 2 is 1.88 bits per heavy atom. The molecule has 1 saturated heterocycles. The van der Waals surface area contributed by atoms with Crippen LogP contribution in [0.3, 0.4) is 0 Å². The number of carbonyl (C=O) groups excluding carboxylic acids is 2. The van der Waals surface area contributed by atoms with E-state index in [-0.39, 0.29) is 17.9 Å². The van der Waals surface area contributed by atoms with Crippen molar-refractivity contribution in [2.45, 2.75) is 57.0 Å². The van der Waals surface area contributed by atoms with Crippen molar-refractivity contribution < 1.29 is 14.3 Å². The Balaban J connectivity index is 1.07. The van der Waals surface area contributed by atoms with E-state index in [1.165, 1.54) is 16.6 Å². The Morgan fingerprint density at radius 1 is 1.07 bits per heavy atom. The van der Waals surface area contributed by atoms with Crippen LogP contribution in [0.25, 0.3) is 22.0 Å². The predicted molar refractivity (Wildman–Crippen MR) is 167 cm³/mol. The van der Waals surface area contributed by atoms with Crippen LogP contribution in [0.4, 0.5) is 5.69 Å². The SMILES string of the molecule is COCCCn1c(C2CCCN(C(=O)C[C@H](N)Cc3ccc(-c4ccc5c(c4)CC(=O)N5)cc3)C2)cc2ccccc21. The molecular weight excluding hydrogens is 524 g/mol. The van der Waals surface area contributed by atoms with Crippen LogP contribution in [0.15, 0.2) is 72.8 Å². The van der Waals surface area contributed by atoms with E-state index >= 15 is 0 Å². The van der Waals surface area contributed by atoms with Gasteiger partial charge >= 0.3 is 0 Å². The molecule has 6 rings (SSSR count). The molecule has 0 spiro atoms. The van der Waals surface area contributed by atoms with E-state index in [2.05, 4.69) is 70.5 Å². The molecule has 1 fully saturated rings. The van der Waals surface area contributed by atoms with Crippen LogP contribution in [0.2, 0.25) is 0 Å². The lowest BCUT2D eigenvalue weighted by molar-refractivity contribution is -0.132. The van der Waals surface area contributed by atoms with E-state index < -0.39 is 0 Å². The summed E-state index contributed by atoms with van der Waals surface area (Å²) in [6, 6.07) is 25.1. The average molecular weight is 565 g/mol. The van der Waals surface area contributed by atoms with Crippen molar-refractivity contribution in [3.63, 3.8) is 0 Å². The molecule has 2 amide bonds. The van der Waals surface area contributed by atoms with Crippen LogP contribution in [0, 0.1) is 0 Å². The van der Waals surface area contributed by atoms with E-state index in [1.807, 2.05) is 17.0 Å². The second kappa shape index (κ2) is 12.5. The minimum absolute atomic E-state index is 0.0437. The maximum atomic E-state index is 13.4. The monoisotopic (exact) mass is 564 g/mol. The molecule has 0 saturated carbocycles. The number of anilines is 1. The highest BCUT2D eigenvalue weighted by atomic mass is 16.5. The summed E-state index contributed by atoms with van der Waals surface area (Å²) in [4.78, 5) is 27.1. The second-order valence-corrected chi connectivity index (χ2v) is 11.8. The summed E-state index contributed by atoms with van der Waals surface area (Å²) in [6.45, 7) is 3.18. The second-order valence-electron chi connectivity index (χ2n) is 11.8. The largest absolute Gasteiger partial charge is 0.385 e. The van der Waals surface area contributed by atoms with Gasteiger partial charge in [-0.3, -0.25) is 9.59 Å². The summed E-state index contributed by atoms with van der Waals surface area (Å²) < 4.78 is 7.75. The third kappa shape index (κ3) is 6.13. The number of hydrogen-bond acceptors (Lipinski definition) is 4. The smallest absolute Gasteiger partial charge is 0.228 e. The van der Waals surface area contributed by atoms with Crippen molar-refractivity contribution in [2.75, 3.05) is 32.1 Å². The number of hydrogen-bond donors (Lipinski definition) is 2. The Bertz CT molecular complexity index is 1580. The van der Waals surface area contributed by atoms with Crippen molar-refractivity contribution in [1.29, 1.82) is 0 Å². The standard InChI is InChI=1S/C35H40N4O3/c1-42-17-5-16-39-32-8-3-2-6-27(32)20-33(39)28-7-4-15-38(23-28)35(41)22-30(36)18-24-9-11-25(12-10-24)26-13-14-31-29(19-26)21-34(40)37-31/h2-3,6,8-14,19-20,28,30H,4-5,7,15-18,21-23,36H2,1H3,(H,37,40)/t28?,30-/m1/s1. The Kier molecular flexibility index (Phi) is 8.40. The lowest BCUT2D eigenvalue weighted by atomic mass is 9.93. The number of carbonyl (C=O) groups is 2. The zero-order chi connectivity index (χ0) is 29.1. The molecule has 3 heterocycles. The number of amides is 2. The molecule has 7 nitrogen and oxygen atoms in total. The van der Waals surface area contributed by atoms with E-state index in [1.54, 1.807) is 7.11 Å². The van der Waals surface area contributed by atoms with Crippen molar-refractivity contribution in [3.8, 4) is 11.1 Å². The molecule has 3 aromatic carbocycles. The van der Waals surface area contributed by atoms with Crippen molar-refractivity contribution >= 4 is 28.4 Å². The van der Waals surface area contributed by atoms with E-state index in [0.29, 0.717) is 25.2 Å². The maximum Gasteiger partial charge on any atom is 0.228 e. The quantitative estimate of drug-likeness (QED) is 0.249. The molecule has 1 aromatic heterocycles. The molecule has 7 heteroatoms. The molecule has 0 bridgehead atoms. The molecule has 42 heavy (non-hydrogen) atoms. The Hall–Kier alpha value is -3.94. The highest BCUT2D eigenvalue weighted by Crippen LogP contribution is 2.33. The van der Waals surface area contributed by atoms with Gasteiger partial charge in [0.2, 0.25) is 11.8 Å². The molecule has 2 aliphatic rings. The summed E-state index contributed by atoms with van der Waals surface area (Å²) in [5, 5.41) is 4.14. The fourth-order valence-electron chi connectivity index (χ4n) is 6.60. The van der Waals surface area contributed by atoms with Crippen LogP contribution in [0.5, 0.6) is 0 Å². The van der Waals surface area contributed by atoms with Crippen molar-refractivity contribution in [2.24, 2.45) is 5.73 Å². The Morgan fingerprint density at radius 3 is 2.71 bits per heavy atom. The van der Waals surface area contributed by atoms with Gasteiger partial charge in [0.05, 0.1) is 6.42 Å².